The Balaban J connectivity index is 1.53. The van der Waals surface area contributed by atoms with Crippen LogP contribution in [0.4, 0.5) is 0 Å². The lowest BCUT2D eigenvalue weighted by molar-refractivity contribution is -0.122. The zero-order valence-corrected chi connectivity index (χ0v) is 14.9. The zero-order valence-electron chi connectivity index (χ0n) is 14.9. The number of aryl methyl sites for hydroxylation is 2. The first-order valence-corrected chi connectivity index (χ1v) is 8.74. The molecule has 5 nitrogen and oxygen atoms in total. The number of hydrogen-bond acceptors (Lipinski definition) is 3. The minimum Gasteiger partial charge on any atom is -0.350 e. The van der Waals surface area contributed by atoms with Crippen LogP contribution in [0.3, 0.4) is 0 Å². The van der Waals surface area contributed by atoms with Gasteiger partial charge in [0.2, 0.25) is 5.91 Å². The van der Waals surface area contributed by atoms with Crippen molar-refractivity contribution in [2.24, 2.45) is 0 Å². The maximum Gasteiger partial charge on any atom is 0.240 e. The van der Waals surface area contributed by atoms with Crippen LogP contribution in [0.5, 0.6) is 0 Å². The van der Waals surface area contributed by atoms with E-state index in [1.807, 2.05) is 26.0 Å². The number of benzene rings is 1. The summed E-state index contributed by atoms with van der Waals surface area (Å²) in [7, 11) is 0. The van der Waals surface area contributed by atoms with Gasteiger partial charge in [0, 0.05) is 31.4 Å². The highest BCUT2D eigenvalue weighted by Crippen LogP contribution is 2.15. The van der Waals surface area contributed by atoms with Crippen molar-refractivity contribution in [1.29, 1.82) is 0 Å². The average Bonchev–Trinajstić information content (AvgIpc) is 3.12. The van der Waals surface area contributed by atoms with Crippen molar-refractivity contribution < 1.29 is 9.59 Å². The molecule has 3 rings (SSSR count). The highest BCUT2D eigenvalue weighted by Gasteiger charge is 2.24. The summed E-state index contributed by atoms with van der Waals surface area (Å²) in [6.07, 6.45) is 1.79. The third-order valence-corrected chi connectivity index (χ3v) is 4.85. The molecule has 1 amide bonds. The molecule has 1 fully saturated rings. The number of aldehydes is 1. The van der Waals surface area contributed by atoms with Gasteiger partial charge < -0.3 is 9.88 Å². The first-order chi connectivity index (χ1) is 12.1. The minimum atomic E-state index is -0.0339. The second-order valence-electron chi connectivity index (χ2n) is 6.83. The maximum atomic E-state index is 12.4. The lowest BCUT2D eigenvalue weighted by atomic mass is 10.2. The van der Waals surface area contributed by atoms with Crippen molar-refractivity contribution in [1.82, 2.24) is 14.8 Å². The summed E-state index contributed by atoms with van der Waals surface area (Å²) in [6.45, 7) is 6.78. The largest absolute Gasteiger partial charge is 0.350 e. The predicted molar refractivity (Wildman–Crippen MR) is 97.6 cm³/mol. The van der Waals surface area contributed by atoms with Crippen molar-refractivity contribution >= 4 is 12.2 Å². The lowest BCUT2D eigenvalue weighted by Gasteiger charge is -2.17. The molecule has 2 aromatic rings. The Morgan fingerprint density at radius 3 is 2.76 bits per heavy atom. The molecule has 1 atom stereocenters. The van der Waals surface area contributed by atoms with E-state index in [4.69, 9.17) is 0 Å². The van der Waals surface area contributed by atoms with Gasteiger partial charge in [0.05, 0.1) is 5.69 Å². The number of nitrogens with one attached hydrogen (secondary N) is 1. The Labute approximate surface area is 148 Å². The van der Waals surface area contributed by atoms with Crippen molar-refractivity contribution in [3.05, 3.63) is 58.9 Å². The molecule has 5 heteroatoms. The number of carbonyl (C=O) groups is 2. The van der Waals surface area contributed by atoms with E-state index in [1.54, 1.807) is 4.57 Å². The molecule has 132 valence electrons. The van der Waals surface area contributed by atoms with Crippen molar-refractivity contribution in [2.75, 3.05) is 13.1 Å². The Kier molecular flexibility index (Phi) is 5.34. The molecule has 1 N–H and O–H groups in total. The van der Waals surface area contributed by atoms with Gasteiger partial charge in [0.25, 0.3) is 0 Å². The number of amides is 1. The molecule has 1 aromatic carbocycles. The molecule has 1 aliphatic rings. The summed E-state index contributed by atoms with van der Waals surface area (Å²) in [5, 5.41) is 3.11. The third-order valence-electron chi connectivity index (χ3n) is 4.85. The number of carbonyl (C=O) groups excluding carboxylic acids is 2. The zero-order chi connectivity index (χ0) is 17.8. The normalized spacial score (nSPS) is 17.6. The smallest absolute Gasteiger partial charge is 0.240 e. The van der Waals surface area contributed by atoms with E-state index in [0.29, 0.717) is 5.69 Å². The monoisotopic (exact) mass is 339 g/mol. The van der Waals surface area contributed by atoms with E-state index in [0.717, 1.165) is 43.6 Å². The van der Waals surface area contributed by atoms with Crippen LogP contribution in [-0.4, -0.2) is 40.8 Å². The quantitative estimate of drug-likeness (QED) is 0.822. The molecule has 0 bridgehead atoms. The highest BCUT2D eigenvalue weighted by molar-refractivity contribution is 5.80. The van der Waals surface area contributed by atoms with Crippen molar-refractivity contribution in [3.63, 3.8) is 0 Å². The molecule has 0 aliphatic carbocycles. The van der Waals surface area contributed by atoms with E-state index >= 15 is 0 Å². The van der Waals surface area contributed by atoms with Crippen LogP contribution in [0.25, 0.3) is 0 Å². The minimum absolute atomic E-state index is 0.0339. The topological polar surface area (TPSA) is 54.3 Å². The Hall–Kier alpha value is -2.40. The van der Waals surface area contributed by atoms with E-state index in [2.05, 4.69) is 34.5 Å². The SMILES string of the molecule is Cc1cc(C)n(CC(=O)NC2CCN(Cc3ccccc3)C2)c1C=O. The second kappa shape index (κ2) is 7.66. The van der Waals surface area contributed by atoms with Gasteiger partial charge >= 0.3 is 0 Å². The molecule has 1 unspecified atom stereocenters. The Bertz CT molecular complexity index is 752. The molecule has 0 radical (unpaired) electrons. The van der Waals surface area contributed by atoms with Gasteiger partial charge in [-0.25, -0.2) is 0 Å². The first kappa shape index (κ1) is 17.4. The Morgan fingerprint density at radius 2 is 2.04 bits per heavy atom. The van der Waals surface area contributed by atoms with E-state index in [9.17, 15) is 9.59 Å². The summed E-state index contributed by atoms with van der Waals surface area (Å²) in [5.41, 5.74) is 3.73. The predicted octanol–water partition coefficient (Wildman–Crippen LogP) is 2.31. The van der Waals surface area contributed by atoms with Gasteiger partial charge in [-0.3, -0.25) is 14.5 Å². The molecule has 0 spiro atoms. The maximum absolute atomic E-state index is 12.4. The fourth-order valence-corrected chi connectivity index (χ4v) is 3.59. The molecule has 1 aliphatic heterocycles. The van der Waals surface area contributed by atoms with Crippen molar-refractivity contribution in [2.45, 2.75) is 39.4 Å². The van der Waals surface area contributed by atoms with Gasteiger partial charge in [-0.05, 0) is 37.5 Å². The van der Waals surface area contributed by atoms with Crippen LogP contribution in [-0.2, 0) is 17.9 Å². The second-order valence-corrected chi connectivity index (χ2v) is 6.83. The van der Waals surface area contributed by atoms with Gasteiger partial charge in [0.15, 0.2) is 6.29 Å². The van der Waals surface area contributed by atoms with Crippen LogP contribution in [0.2, 0.25) is 0 Å². The van der Waals surface area contributed by atoms with Crippen LogP contribution in [0.15, 0.2) is 36.4 Å². The van der Waals surface area contributed by atoms with Gasteiger partial charge in [-0.1, -0.05) is 30.3 Å². The molecule has 1 aromatic heterocycles. The van der Waals surface area contributed by atoms with Gasteiger partial charge in [-0.2, -0.15) is 0 Å². The summed E-state index contributed by atoms with van der Waals surface area (Å²) >= 11 is 0. The summed E-state index contributed by atoms with van der Waals surface area (Å²) < 4.78 is 1.79. The average molecular weight is 339 g/mol. The van der Waals surface area contributed by atoms with Crippen molar-refractivity contribution in [3.8, 4) is 0 Å². The van der Waals surface area contributed by atoms with Gasteiger partial charge in [-0.15, -0.1) is 0 Å². The Morgan fingerprint density at radius 1 is 1.28 bits per heavy atom. The van der Waals surface area contributed by atoms with Crippen LogP contribution < -0.4 is 5.32 Å². The van der Waals surface area contributed by atoms with Gasteiger partial charge in [0.1, 0.15) is 6.54 Å². The summed E-state index contributed by atoms with van der Waals surface area (Å²) in [4.78, 5) is 26.0. The number of rotatable bonds is 6. The summed E-state index contributed by atoms with van der Waals surface area (Å²) in [5.74, 6) is -0.0339. The molecule has 25 heavy (non-hydrogen) atoms. The number of aromatic nitrogens is 1. The molecule has 2 heterocycles. The number of nitrogens with zero attached hydrogens (tertiary/aromatic N) is 2. The number of likely N-dealkylation sites (tertiary alicyclic amines) is 1. The first-order valence-electron chi connectivity index (χ1n) is 8.74. The molecular weight excluding hydrogens is 314 g/mol. The van der Waals surface area contributed by atoms with E-state index in [-0.39, 0.29) is 18.5 Å². The van der Waals surface area contributed by atoms with E-state index < -0.39 is 0 Å². The fraction of sp³-hybridized carbons (Fsp3) is 0.400. The van der Waals surface area contributed by atoms with E-state index in [1.165, 1.54) is 5.56 Å². The third kappa shape index (κ3) is 4.17. The molecule has 1 saturated heterocycles. The molecular formula is C20H25N3O2. The highest BCUT2D eigenvalue weighted by atomic mass is 16.2. The molecule has 0 saturated carbocycles. The lowest BCUT2D eigenvalue weighted by Crippen LogP contribution is -2.39. The summed E-state index contributed by atoms with van der Waals surface area (Å²) in [6, 6.07) is 12.5. The van der Waals surface area contributed by atoms with Crippen LogP contribution >= 0.6 is 0 Å². The van der Waals surface area contributed by atoms with Crippen LogP contribution in [0, 0.1) is 13.8 Å². The standard InChI is InChI=1S/C20H25N3O2/c1-15-10-16(2)23(19(15)14-24)13-20(25)21-18-8-9-22(12-18)11-17-6-4-3-5-7-17/h3-7,10,14,18H,8-9,11-13H2,1-2H3,(H,21,25). The fourth-order valence-electron chi connectivity index (χ4n) is 3.59. The van der Waals surface area contributed by atoms with Crippen LogP contribution in [0.1, 0.15) is 33.7 Å². The number of hydrogen-bond donors (Lipinski definition) is 1.